The van der Waals surface area contributed by atoms with Crippen molar-refractivity contribution in [3.8, 4) is 0 Å². The van der Waals surface area contributed by atoms with Gasteiger partial charge in [-0.25, -0.2) is 0 Å². The Morgan fingerprint density at radius 3 is 2.59 bits per heavy atom. The van der Waals surface area contributed by atoms with Gasteiger partial charge in [-0.3, -0.25) is 14.9 Å². The van der Waals surface area contributed by atoms with E-state index in [0.717, 1.165) is 29.7 Å². The second kappa shape index (κ2) is 8.49. The molecule has 1 aromatic heterocycles. The van der Waals surface area contributed by atoms with Gasteiger partial charge in [-0.2, -0.15) is 0 Å². The third-order valence-electron chi connectivity index (χ3n) is 7.32. The van der Waals surface area contributed by atoms with Crippen molar-refractivity contribution in [2.75, 3.05) is 0 Å². The van der Waals surface area contributed by atoms with E-state index in [1.54, 1.807) is 11.8 Å². The number of nitrogens with one attached hydrogen (secondary N) is 1. The third kappa shape index (κ3) is 4.67. The first-order chi connectivity index (χ1) is 13.9. The molecule has 2 aliphatic carbocycles. The molecule has 1 aliphatic heterocycles. The number of hydrogen-bond acceptors (Lipinski definition) is 3. The lowest BCUT2D eigenvalue weighted by Crippen LogP contribution is -2.39. The van der Waals surface area contributed by atoms with Crippen LogP contribution in [-0.2, 0) is 16.0 Å². The summed E-state index contributed by atoms with van der Waals surface area (Å²) in [6, 6.07) is 0. The van der Waals surface area contributed by atoms with Crippen molar-refractivity contribution < 1.29 is 14.0 Å². The largest absolute Gasteiger partial charge is 0.468 e. The van der Waals surface area contributed by atoms with Crippen LogP contribution in [0.1, 0.15) is 107 Å². The molecule has 0 radical (unpaired) electrons. The number of carbonyl (C=O) groups excluding carboxylic acids is 2. The average molecular weight is 398 g/mol. The molecule has 1 N–H and O–H groups in total. The van der Waals surface area contributed by atoms with Crippen molar-refractivity contribution in [3.05, 3.63) is 28.7 Å². The molecule has 0 aromatic carbocycles. The first kappa shape index (κ1) is 20.4. The first-order valence-electron chi connectivity index (χ1n) is 11.6. The molecule has 4 rings (SSSR count). The molecule has 1 saturated carbocycles. The molecule has 0 bridgehead atoms. The Morgan fingerprint density at radius 2 is 1.79 bits per heavy atom. The Morgan fingerprint density at radius 1 is 1.00 bits per heavy atom. The monoisotopic (exact) mass is 397 g/mol. The summed E-state index contributed by atoms with van der Waals surface area (Å²) in [4.78, 5) is 23.9. The summed E-state index contributed by atoms with van der Waals surface area (Å²) in [5.74, 6) is 1.01. The summed E-state index contributed by atoms with van der Waals surface area (Å²) in [6.45, 7) is 4.84. The summed E-state index contributed by atoms with van der Waals surface area (Å²) in [7, 11) is 0. The molecule has 2 heterocycles. The fourth-order valence-corrected chi connectivity index (χ4v) is 5.46. The summed E-state index contributed by atoms with van der Waals surface area (Å²) < 4.78 is 5.95. The molecule has 2 atom stereocenters. The summed E-state index contributed by atoms with van der Waals surface area (Å²) in [6.07, 6.45) is 17.6. The van der Waals surface area contributed by atoms with Crippen LogP contribution >= 0.6 is 0 Å². The molecular weight excluding hydrogens is 362 g/mol. The number of allylic oxidation sites excluding steroid dienone is 1. The predicted octanol–water partition coefficient (Wildman–Crippen LogP) is 5.91. The zero-order chi connectivity index (χ0) is 20.4. The number of imide groups is 1. The maximum Gasteiger partial charge on any atom is 0.234 e. The summed E-state index contributed by atoms with van der Waals surface area (Å²) >= 11 is 0. The SMILES string of the molecule is CC1(C)CCCCCC2Cc3occ([C@@H]4CCC(=O)NC4=O)c3C=C2CCCC1. The quantitative estimate of drug-likeness (QED) is 0.600. The van der Waals surface area contributed by atoms with Crippen LogP contribution in [-0.4, -0.2) is 11.8 Å². The van der Waals surface area contributed by atoms with Crippen molar-refractivity contribution in [1.82, 2.24) is 5.32 Å². The molecule has 2 fully saturated rings. The number of fused-ring (bicyclic) bond motifs is 2. The highest BCUT2D eigenvalue weighted by molar-refractivity contribution is 6.01. The van der Waals surface area contributed by atoms with Crippen molar-refractivity contribution in [2.24, 2.45) is 11.3 Å². The van der Waals surface area contributed by atoms with Crippen LogP contribution in [0.5, 0.6) is 0 Å². The lowest BCUT2D eigenvalue weighted by atomic mass is 9.76. The molecule has 0 spiro atoms. The van der Waals surface area contributed by atoms with Crippen molar-refractivity contribution in [3.63, 3.8) is 0 Å². The summed E-state index contributed by atoms with van der Waals surface area (Å²) in [5, 5.41) is 2.49. The highest BCUT2D eigenvalue weighted by Crippen LogP contribution is 2.41. The zero-order valence-corrected chi connectivity index (χ0v) is 18.0. The molecular formula is C25H35NO3. The van der Waals surface area contributed by atoms with Gasteiger partial charge in [-0.15, -0.1) is 0 Å². The highest BCUT2D eigenvalue weighted by atomic mass is 16.3. The number of amides is 2. The maximum atomic E-state index is 12.4. The Kier molecular flexibility index (Phi) is 5.98. The molecule has 2 amide bonds. The van der Waals surface area contributed by atoms with Gasteiger partial charge in [-0.1, -0.05) is 51.2 Å². The van der Waals surface area contributed by atoms with Crippen molar-refractivity contribution >= 4 is 17.9 Å². The van der Waals surface area contributed by atoms with E-state index in [-0.39, 0.29) is 17.7 Å². The number of carbonyl (C=O) groups is 2. The summed E-state index contributed by atoms with van der Waals surface area (Å²) in [5.41, 5.74) is 4.11. The van der Waals surface area contributed by atoms with E-state index in [0.29, 0.717) is 24.2 Å². The van der Waals surface area contributed by atoms with Gasteiger partial charge < -0.3 is 4.42 Å². The second-order valence-corrected chi connectivity index (χ2v) is 10.1. The lowest BCUT2D eigenvalue weighted by molar-refractivity contribution is -0.134. The number of furan rings is 1. The first-order valence-corrected chi connectivity index (χ1v) is 11.6. The highest BCUT2D eigenvalue weighted by Gasteiger charge is 2.34. The van der Waals surface area contributed by atoms with E-state index >= 15 is 0 Å². The van der Waals surface area contributed by atoms with Crippen LogP contribution in [0, 0.1) is 11.3 Å². The van der Waals surface area contributed by atoms with Crippen LogP contribution in [0.25, 0.3) is 6.08 Å². The molecule has 4 nitrogen and oxygen atoms in total. The molecule has 1 aromatic rings. The van der Waals surface area contributed by atoms with E-state index in [4.69, 9.17) is 4.42 Å². The van der Waals surface area contributed by atoms with E-state index in [1.807, 2.05) is 0 Å². The fraction of sp³-hybridized carbons (Fsp3) is 0.680. The molecule has 1 saturated heterocycles. The lowest BCUT2D eigenvalue weighted by Gasteiger charge is -2.28. The fourth-order valence-electron chi connectivity index (χ4n) is 5.46. The molecule has 29 heavy (non-hydrogen) atoms. The van der Waals surface area contributed by atoms with Crippen LogP contribution in [0.2, 0.25) is 0 Å². The van der Waals surface area contributed by atoms with E-state index in [1.165, 1.54) is 51.4 Å². The Bertz CT molecular complexity index is 801. The molecule has 4 heteroatoms. The van der Waals surface area contributed by atoms with Gasteiger partial charge in [0, 0.05) is 24.0 Å². The minimum atomic E-state index is -0.263. The van der Waals surface area contributed by atoms with Gasteiger partial charge in [0.2, 0.25) is 11.8 Å². The third-order valence-corrected chi connectivity index (χ3v) is 7.32. The maximum absolute atomic E-state index is 12.4. The van der Waals surface area contributed by atoms with Gasteiger partial charge in [-0.05, 0) is 49.9 Å². The second-order valence-electron chi connectivity index (χ2n) is 10.1. The average Bonchev–Trinajstić information content (AvgIpc) is 3.06. The minimum Gasteiger partial charge on any atom is -0.468 e. The molecule has 158 valence electrons. The Balaban J connectivity index is 1.55. The van der Waals surface area contributed by atoms with Gasteiger partial charge in [0.25, 0.3) is 0 Å². The number of hydrogen-bond donors (Lipinski definition) is 1. The predicted molar refractivity (Wildman–Crippen MR) is 114 cm³/mol. The van der Waals surface area contributed by atoms with Crippen molar-refractivity contribution in [2.45, 2.75) is 96.8 Å². The topological polar surface area (TPSA) is 59.3 Å². The smallest absolute Gasteiger partial charge is 0.234 e. The number of piperidine rings is 1. The van der Waals surface area contributed by atoms with Crippen LogP contribution in [0.3, 0.4) is 0 Å². The van der Waals surface area contributed by atoms with Gasteiger partial charge in [0.1, 0.15) is 5.76 Å². The van der Waals surface area contributed by atoms with Gasteiger partial charge in [0.05, 0.1) is 12.2 Å². The van der Waals surface area contributed by atoms with Crippen LogP contribution < -0.4 is 5.32 Å². The van der Waals surface area contributed by atoms with E-state index < -0.39 is 0 Å². The molecule has 1 unspecified atom stereocenters. The van der Waals surface area contributed by atoms with Gasteiger partial charge in [0.15, 0.2) is 0 Å². The Labute approximate surface area is 174 Å². The van der Waals surface area contributed by atoms with E-state index in [2.05, 4.69) is 25.2 Å². The molecule has 3 aliphatic rings. The van der Waals surface area contributed by atoms with Gasteiger partial charge >= 0.3 is 0 Å². The van der Waals surface area contributed by atoms with Crippen molar-refractivity contribution in [1.29, 1.82) is 0 Å². The number of rotatable bonds is 1. The standard InChI is InChI=1S/C25H35NO3/c1-25(2)12-6-3-4-8-18-15-22-20(14-17(18)9-5-7-13-25)21(16-29-22)19-10-11-23(27)26-24(19)28/h14,16,18-19H,3-13,15H2,1-2H3,(H,26,27,28)/t18?,19-/m0/s1. The van der Waals surface area contributed by atoms with E-state index in [9.17, 15) is 9.59 Å². The zero-order valence-electron chi connectivity index (χ0n) is 18.0. The van der Waals surface area contributed by atoms with Crippen LogP contribution in [0.4, 0.5) is 0 Å². The normalized spacial score (nSPS) is 28.3. The van der Waals surface area contributed by atoms with Crippen LogP contribution in [0.15, 0.2) is 16.3 Å². The Hall–Kier alpha value is -1.84. The minimum absolute atomic E-state index is 0.163.